The molecule has 0 aliphatic heterocycles. The molecule has 0 spiro atoms. The van der Waals surface area contributed by atoms with Gasteiger partial charge in [-0.25, -0.2) is 0 Å². The van der Waals surface area contributed by atoms with E-state index in [1.165, 1.54) is 57.0 Å². The van der Waals surface area contributed by atoms with Gasteiger partial charge >= 0.3 is 0 Å². The van der Waals surface area contributed by atoms with Crippen LogP contribution in [-0.4, -0.2) is 14.8 Å². The molecule has 0 unspecified atom stereocenters. The summed E-state index contributed by atoms with van der Waals surface area (Å²) in [6.07, 6.45) is 10.1. The van der Waals surface area contributed by atoms with Gasteiger partial charge in [0.2, 0.25) is 0 Å². The van der Waals surface area contributed by atoms with Gasteiger partial charge in [-0.05, 0) is 116 Å². The molecule has 8 aromatic rings. The first kappa shape index (κ1) is 34.4. The summed E-state index contributed by atoms with van der Waals surface area (Å²) in [7, 11) is 0. The first-order chi connectivity index (χ1) is 26.1. The summed E-state index contributed by atoms with van der Waals surface area (Å²) in [6, 6.07) is 50.3. The lowest BCUT2D eigenvalue weighted by atomic mass is 9.95. The third kappa shape index (κ3) is 7.88. The second-order valence-electron chi connectivity index (χ2n) is 14.5. The van der Waals surface area contributed by atoms with Gasteiger partial charge in [0.25, 0.3) is 0 Å². The van der Waals surface area contributed by atoms with Gasteiger partial charge < -0.3 is 4.42 Å². The molecule has 4 nitrogen and oxygen atoms in total. The fraction of sp³-hybridized carbons (Fsp3) is 0.224. The van der Waals surface area contributed by atoms with Gasteiger partial charge in [0.15, 0.2) is 11.6 Å². The molecule has 0 saturated heterocycles. The number of rotatable bonds is 14. The molecule has 0 atom stereocenters. The maximum atomic E-state index is 6.05. The van der Waals surface area contributed by atoms with Crippen molar-refractivity contribution in [3.05, 3.63) is 173 Å². The van der Waals surface area contributed by atoms with E-state index in [1.54, 1.807) is 0 Å². The molecular weight excluding hydrogens is 647 g/mol. The summed E-state index contributed by atoms with van der Waals surface area (Å²) in [6.45, 7) is 4.39. The van der Waals surface area contributed by atoms with Gasteiger partial charge in [-0.1, -0.05) is 128 Å². The Morgan fingerprint density at radius 1 is 0.472 bits per heavy atom. The first-order valence-electron chi connectivity index (χ1n) is 19.3. The second-order valence-corrected chi connectivity index (χ2v) is 14.5. The number of nitrogens with zero attached hydrogens (tertiary/aromatic N) is 3. The molecule has 0 fully saturated rings. The summed E-state index contributed by atoms with van der Waals surface area (Å²) < 4.78 is 8.22. The van der Waals surface area contributed by atoms with E-state index in [0.29, 0.717) is 0 Å². The minimum absolute atomic E-state index is 0.848. The molecule has 0 saturated carbocycles. The van der Waals surface area contributed by atoms with Crippen LogP contribution in [0.15, 0.2) is 144 Å². The van der Waals surface area contributed by atoms with Crippen LogP contribution in [0, 0.1) is 6.92 Å². The van der Waals surface area contributed by atoms with Crippen molar-refractivity contribution in [2.45, 2.75) is 71.6 Å². The van der Waals surface area contributed by atoms with Crippen LogP contribution in [0.4, 0.5) is 0 Å². The van der Waals surface area contributed by atoms with E-state index in [-0.39, 0.29) is 0 Å². The number of para-hydroxylation sites is 2. The standard InChI is InChI=1S/C49H47N3O/c1-3-4-12-38-31-39(33-40(32-38)16-11-14-37-25-30-47-45(34-37)44-19-8-9-20-46(44)53-47)15-10-13-36-23-28-42(29-24-36)49-51-50-48(41-26-21-35(2)22-27-41)52(49)43-17-6-5-7-18-43/h5-9,17-34H,3-4,10-16H2,1-2H3. The highest BCUT2D eigenvalue weighted by molar-refractivity contribution is 6.05. The molecule has 0 bridgehead atoms. The van der Waals surface area contributed by atoms with Crippen molar-refractivity contribution in [2.24, 2.45) is 0 Å². The SMILES string of the molecule is CCCCc1cc(CCCc2ccc(-c3nnc(-c4ccc(C)cc4)n3-c3ccccc3)cc2)cc(CCCc2ccc3oc4ccccc4c3c2)c1. The molecule has 6 aromatic carbocycles. The van der Waals surface area contributed by atoms with E-state index < -0.39 is 0 Å². The Labute approximate surface area is 313 Å². The fourth-order valence-electron chi connectivity index (χ4n) is 7.58. The zero-order valence-corrected chi connectivity index (χ0v) is 30.9. The Balaban J connectivity index is 0.930. The van der Waals surface area contributed by atoms with Crippen molar-refractivity contribution in [2.75, 3.05) is 0 Å². The van der Waals surface area contributed by atoms with Gasteiger partial charge in [0.05, 0.1) is 0 Å². The number of hydrogen-bond acceptors (Lipinski definition) is 3. The average Bonchev–Trinajstić information content (AvgIpc) is 3.80. The Morgan fingerprint density at radius 3 is 1.66 bits per heavy atom. The highest BCUT2D eigenvalue weighted by atomic mass is 16.3. The number of fused-ring (bicyclic) bond motifs is 3. The Hall–Kier alpha value is -5.74. The summed E-state index contributed by atoms with van der Waals surface area (Å²) in [5.74, 6) is 1.70. The maximum absolute atomic E-state index is 6.05. The normalized spacial score (nSPS) is 11.5. The highest BCUT2D eigenvalue weighted by Gasteiger charge is 2.17. The molecule has 2 aromatic heterocycles. The van der Waals surface area contributed by atoms with Gasteiger partial charge in [0, 0.05) is 27.6 Å². The van der Waals surface area contributed by atoms with Crippen LogP contribution in [0.3, 0.4) is 0 Å². The van der Waals surface area contributed by atoms with Crippen LogP contribution in [0.1, 0.15) is 66.0 Å². The number of unbranched alkanes of at least 4 members (excludes halogenated alkanes) is 1. The largest absolute Gasteiger partial charge is 0.456 e. The second kappa shape index (κ2) is 15.9. The molecule has 0 N–H and O–H groups in total. The summed E-state index contributed by atoms with van der Waals surface area (Å²) in [4.78, 5) is 0. The van der Waals surface area contributed by atoms with Crippen LogP contribution in [0.2, 0.25) is 0 Å². The summed E-state index contributed by atoms with van der Waals surface area (Å²) in [5.41, 5.74) is 13.5. The molecule has 53 heavy (non-hydrogen) atoms. The van der Waals surface area contributed by atoms with E-state index in [1.807, 2.05) is 12.1 Å². The lowest BCUT2D eigenvalue weighted by molar-refractivity contribution is 0.668. The Kier molecular flexibility index (Phi) is 10.3. The van der Waals surface area contributed by atoms with E-state index in [4.69, 9.17) is 9.52 Å². The van der Waals surface area contributed by atoms with Crippen LogP contribution in [-0.2, 0) is 32.1 Å². The van der Waals surface area contributed by atoms with Gasteiger partial charge in [-0.3, -0.25) is 4.57 Å². The first-order valence-corrected chi connectivity index (χ1v) is 19.3. The van der Waals surface area contributed by atoms with Gasteiger partial charge in [-0.15, -0.1) is 10.2 Å². The zero-order chi connectivity index (χ0) is 36.0. The topological polar surface area (TPSA) is 43.9 Å². The Morgan fingerprint density at radius 2 is 1.00 bits per heavy atom. The van der Waals surface area contributed by atoms with Crippen molar-refractivity contribution in [1.29, 1.82) is 0 Å². The van der Waals surface area contributed by atoms with E-state index in [0.717, 1.165) is 84.6 Å². The minimum Gasteiger partial charge on any atom is -0.456 e. The van der Waals surface area contributed by atoms with Gasteiger partial charge in [-0.2, -0.15) is 0 Å². The van der Waals surface area contributed by atoms with Crippen LogP contribution >= 0.6 is 0 Å². The smallest absolute Gasteiger partial charge is 0.168 e. The fourth-order valence-corrected chi connectivity index (χ4v) is 7.58. The van der Waals surface area contributed by atoms with Crippen molar-refractivity contribution < 1.29 is 4.42 Å². The highest BCUT2D eigenvalue weighted by Crippen LogP contribution is 2.31. The molecular formula is C49H47N3O. The number of aromatic nitrogens is 3. The number of aryl methyl sites for hydroxylation is 6. The van der Waals surface area contributed by atoms with Crippen LogP contribution in [0.5, 0.6) is 0 Å². The molecule has 8 rings (SSSR count). The zero-order valence-electron chi connectivity index (χ0n) is 30.9. The number of hydrogen-bond donors (Lipinski definition) is 0. The predicted octanol–water partition coefficient (Wildman–Crippen LogP) is 12.5. The average molecular weight is 694 g/mol. The molecule has 0 radical (unpaired) electrons. The lowest BCUT2D eigenvalue weighted by Gasteiger charge is -2.12. The van der Waals surface area contributed by atoms with Crippen molar-refractivity contribution in [1.82, 2.24) is 14.8 Å². The number of benzene rings is 6. The van der Waals surface area contributed by atoms with Crippen LogP contribution in [0.25, 0.3) is 50.4 Å². The van der Waals surface area contributed by atoms with E-state index >= 15 is 0 Å². The minimum atomic E-state index is 0.848. The molecule has 0 aliphatic carbocycles. The van der Waals surface area contributed by atoms with Crippen molar-refractivity contribution >= 4 is 21.9 Å². The molecule has 264 valence electrons. The monoisotopic (exact) mass is 693 g/mol. The third-order valence-corrected chi connectivity index (χ3v) is 10.4. The third-order valence-electron chi connectivity index (χ3n) is 10.4. The quantitative estimate of drug-likeness (QED) is 0.114. The summed E-state index contributed by atoms with van der Waals surface area (Å²) >= 11 is 0. The lowest BCUT2D eigenvalue weighted by Crippen LogP contribution is -2.00. The Bertz CT molecular complexity index is 2440. The molecule has 0 amide bonds. The molecule has 0 aliphatic rings. The van der Waals surface area contributed by atoms with Crippen molar-refractivity contribution in [3.63, 3.8) is 0 Å². The van der Waals surface area contributed by atoms with Crippen LogP contribution < -0.4 is 0 Å². The number of furan rings is 1. The summed E-state index contributed by atoms with van der Waals surface area (Å²) in [5, 5.41) is 11.8. The van der Waals surface area contributed by atoms with Crippen molar-refractivity contribution in [3.8, 4) is 28.5 Å². The maximum Gasteiger partial charge on any atom is 0.168 e. The van der Waals surface area contributed by atoms with E-state index in [2.05, 4.69) is 151 Å². The molecule has 4 heteroatoms. The predicted molar refractivity (Wildman–Crippen MR) is 220 cm³/mol. The van der Waals surface area contributed by atoms with E-state index in [9.17, 15) is 0 Å². The molecule has 2 heterocycles. The van der Waals surface area contributed by atoms with Gasteiger partial charge in [0.1, 0.15) is 11.2 Å².